The molecule has 6 heteroatoms. The number of fused-ring (bicyclic) bond motifs is 2. The number of aromatic nitrogens is 2. The highest BCUT2D eigenvalue weighted by atomic mass is 16.3. The van der Waals surface area contributed by atoms with Gasteiger partial charge in [0, 0.05) is 34.5 Å². The first-order valence-electron chi connectivity index (χ1n) is 9.01. The summed E-state index contributed by atoms with van der Waals surface area (Å²) >= 11 is 0. The van der Waals surface area contributed by atoms with E-state index in [2.05, 4.69) is 36.1 Å². The summed E-state index contributed by atoms with van der Waals surface area (Å²) in [6.07, 6.45) is 3.25. The number of aromatic amines is 2. The van der Waals surface area contributed by atoms with Crippen LogP contribution in [0.5, 0.6) is 5.75 Å². The van der Waals surface area contributed by atoms with Crippen molar-refractivity contribution in [3.05, 3.63) is 70.1 Å². The summed E-state index contributed by atoms with van der Waals surface area (Å²) in [5.74, 6) is -0.523. The quantitative estimate of drug-likeness (QED) is 0.421. The van der Waals surface area contributed by atoms with Crippen LogP contribution in [-0.2, 0) is 5.41 Å². The van der Waals surface area contributed by atoms with Gasteiger partial charge in [-0.1, -0.05) is 20.8 Å². The van der Waals surface area contributed by atoms with Gasteiger partial charge < -0.3 is 20.4 Å². The minimum absolute atomic E-state index is 0.00968. The van der Waals surface area contributed by atoms with E-state index < -0.39 is 11.3 Å². The Kier molecular flexibility index (Phi) is 4.00. The van der Waals surface area contributed by atoms with Gasteiger partial charge in [0.05, 0.1) is 0 Å². The van der Waals surface area contributed by atoms with Crippen molar-refractivity contribution in [2.45, 2.75) is 26.2 Å². The number of nitrogens with one attached hydrogen (secondary N) is 3. The Balaban J connectivity index is 1.79. The minimum atomic E-state index is -0.497. The molecule has 0 unspecified atom stereocenters. The maximum atomic E-state index is 12.9. The van der Waals surface area contributed by atoms with E-state index in [1.54, 1.807) is 6.07 Å². The van der Waals surface area contributed by atoms with Gasteiger partial charge in [-0.2, -0.15) is 0 Å². The molecule has 0 aliphatic heterocycles. The molecule has 0 radical (unpaired) electrons. The zero-order chi connectivity index (χ0) is 20.1. The Labute approximate surface area is 161 Å². The highest BCUT2D eigenvalue weighted by Crippen LogP contribution is 2.33. The predicted molar refractivity (Wildman–Crippen MR) is 111 cm³/mol. The molecule has 4 rings (SSSR count). The van der Waals surface area contributed by atoms with Crippen LogP contribution in [0.2, 0.25) is 0 Å². The normalized spacial score (nSPS) is 11.8. The Hall–Kier alpha value is -3.54. The van der Waals surface area contributed by atoms with Crippen LogP contribution >= 0.6 is 0 Å². The average molecular weight is 375 g/mol. The number of anilines is 1. The molecule has 0 spiro atoms. The van der Waals surface area contributed by atoms with E-state index in [1.165, 1.54) is 18.3 Å². The second-order valence-corrected chi connectivity index (χ2v) is 7.93. The number of phenols is 1. The van der Waals surface area contributed by atoms with Gasteiger partial charge in [-0.25, -0.2) is 0 Å². The molecule has 2 aromatic carbocycles. The third-order valence-corrected chi connectivity index (χ3v) is 4.86. The van der Waals surface area contributed by atoms with Crippen LogP contribution in [0.3, 0.4) is 0 Å². The van der Waals surface area contributed by atoms with Crippen LogP contribution in [0.25, 0.3) is 21.8 Å². The van der Waals surface area contributed by atoms with Gasteiger partial charge in [-0.15, -0.1) is 0 Å². The number of hydrogen-bond acceptors (Lipinski definition) is 3. The minimum Gasteiger partial charge on any atom is -0.508 e. The maximum Gasteiger partial charge on any atom is 0.261 e. The predicted octanol–water partition coefficient (Wildman–Crippen LogP) is 4.26. The summed E-state index contributed by atoms with van der Waals surface area (Å²) in [6.45, 7) is 6.21. The van der Waals surface area contributed by atoms with Gasteiger partial charge in [-0.3, -0.25) is 9.59 Å². The lowest BCUT2D eigenvalue weighted by atomic mass is 9.85. The molecule has 0 aliphatic rings. The zero-order valence-electron chi connectivity index (χ0n) is 15.9. The third-order valence-electron chi connectivity index (χ3n) is 4.86. The lowest BCUT2D eigenvalue weighted by molar-refractivity contribution is 0.102. The van der Waals surface area contributed by atoms with E-state index in [9.17, 15) is 14.7 Å². The SMILES string of the molecule is CC(C)(C)c1cc2cc[nH]c2cc1NC(=O)c1c[nH]c2ccc(O)cc2c1=O. The number of H-pyrrole nitrogens is 2. The molecule has 4 aromatic rings. The Morgan fingerprint density at radius 1 is 1.04 bits per heavy atom. The van der Waals surface area contributed by atoms with Crippen LogP contribution in [0.4, 0.5) is 5.69 Å². The summed E-state index contributed by atoms with van der Waals surface area (Å²) in [4.78, 5) is 31.8. The summed E-state index contributed by atoms with van der Waals surface area (Å²) in [5.41, 5.74) is 2.45. The molecule has 28 heavy (non-hydrogen) atoms. The van der Waals surface area contributed by atoms with Gasteiger partial charge >= 0.3 is 0 Å². The van der Waals surface area contributed by atoms with Crippen LogP contribution in [-0.4, -0.2) is 21.0 Å². The highest BCUT2D eigenvalue weighted by Gasteiger charge is 2.22. The van der Waals surface area contributed by atoms with Gasteiger partial charge in [0.25, 0.3) is 5.91 Å². The van der Waals surface area contributed by atoms with Crippen LogP contribution in [0.15, 0.2) is 53.6 Å². The first kappa shape index (κ1) is 17.9. The fraction of sp³-hybridized carbons (Fsp3) is 0.182. The van der Waals surface area contributed by atoms with Crippen molar-refractivity contribution in [2.75, 3.05) is 5.32 Å². The number of rotatable bonds is 2. The number of benzene rings is 2. The summed E-state index contributed by atoms with van der Waals surface area (Å²) in [6, 6.07) is 10.4. The second kappa shape index (κ2) is 6.27. The first-order valence-corrected chi connectivity index (χ1v) is 9.01. The lowest BCUT2D eigenvalue weighted by Crippen LogP contribution is -2.24. The summed E-state index contributed by atoms with van der Waals surface area (Å²) in [5, 5.41) is 13.9. The zero-order valence-corrected chi connectivity index (χ0v) is 15.9. The Morgan fingerprint density at radius 2 is 1.82 bits per heavy atom. The maximum absolute atomic E-state index is 12.9. The number of pyridine rings is 1. The van der Waals surface area contributed by atoms with Gasteiger partial charge in [0.1, 0.15) is 11.3 Å². The van der Waals surface area contributed by atoms with Crippen molar-refractivity contribution in [3.63, 3.8) is 0 Å². The molecule has 0 saturated heterocycles. The van der Waals surface area contributed by atoms with Crippen LogP contribution in [0, 0.1) is 0 Å². The number of carbonyl (C=O) groups excluding carboxylic acids is 1. The molecule has 2 aromatic heterocycles. The molecule has 0 atom stereocenters. The average Bonchev–Trinajstić information content (AvgIpc) is 3.08. The molecule has 0 bridgehead atoms. The topological polar surface area (TPSA) is 98.0 Å². The molecule has 1 amide bonds. The molecule has 2 heterocycles. The Bertz CT molecular complexity index is 1280. The Morgan fingerprint density at radius 3 is 2.57 bits per heavy atom. The second-order valence-electron chi connectivity index (χ2n) is 7.93. The van der Waals surface area contributed by atoms with Gasteiger partial charge in [0.15, 0.2) is 0 Å². The number of hydrogen-bond donors (Lipinski definition) is 4. The number of amides is 1. The molecule has 4 N–H and O–H groups in total. The standard InChI is InChI=1S/C22H21N3O3/c1-22(2,3)16-8-12-6-7-23-18(12)10-19(16)25-21(28)15-11-24-17-5-4-13(26)9-14(17)20(15)27/h4-11,23,26H,1-3H3,(H,24,27)(H,25,28). The third kappa shape index (κ3) is 3.03. The van der Waals surface area contributed by atoms with E-state index in [0.717, 1.165) is 16.5 Å². The van der Waals surface area contributed by atoms with Gasteiger partial charge in [0.2, 0.25) is 5.43 Å². The lowest BCUT2D eigenvalue weighted by Gasteiger charge is -2.23. The number of carbonyl (C=O) groups is 1. The van der Waals surface area contributed by atoms with E-state index in [-0.39, 0.29) is 22.1 Å². The number of aromatic hydroxyl groups is 1. The molecule has 0 fully saturated rings. The van der Waals surface area contributed by atoms with Crippen molar-refractivity contribution in [1.82, 2.24) is 9.97 Å². The van der Waals surface area contributed by atoms with E-state index >= 15 is 0 Å². The smallest absolute Gasteiger partial charge is 0.261 e. The molecular weight excluding hydrogens is 354 g/mol. The molecule has 0 saturated carbocycles. The van der Waals surface area contributed by atoms with Gasteiger partial charge in [-0.05, 0) is 52.8 Å². The van der Waals surface area contributed by atoms with E-state index in [0.29, 0.717) is 11.2 Å². The summed E-state index contributed by atoms with van der Waals surface area (Å²) in [7, 11) is 0. The first-order chi connectivity index (χ1) is 13.2. The summed E-state index contributed by atoms with van der Waals surface area (Å²) < 4.78 is 0. The van der Waals surface area contributed by atoms with Crippen molar-refractivity contribution < 1.29 is 9.90 Å². The monoisotopic (exact) mass is 375 g/mol. The largest absolute Gasteiger partial charge is 0.508 e. The number of phenolic OH excluding ortho intramolecular Hbond substituents is 1. The van der Waals surface area contributed by atoms with Crippen LogP contribution < -0.4 is 10.7 Å². The fourth-order valence-electron chi connectivity index (χ4n) is 3.39. The van der Waals surface area contributed by atoms with Crippen LogP contribution in [0.1, 0.15) is 36.7 Å². The fourth-order valence-corrected chi connectivity index (χ4v) is 3.39. The molecular formula is C22H21N3O3. The molecule has 0 aliphatic carbocycles. The van der Waals surface area contributed by atoms with Crippen molar-refractivity contribution in [2.24, 2.45) is 0 Å². The molecule has 142 valence electrons. The van der Waals surface area contributed by atoms with Crippen molar-refractivity contribution >= 4 is 33.4 Å². The van der Waals surface area contributed by atoms with Crippen molar-refractivity contribution in [1.29, 1.82) is 0 Å². The van der Waals surface area contributed by atoms with Crippen molar-refractivity contribution in [3.8, 4) is 5.75 Å². The van der Waals surface area contributed by atoms with E-state index in [1.807, 2.05) is 24.4 Å². The highest BCUT2D eigenvalue weighted by molar-refractivity contribution is 6.07. The molecule has 6 nitrogen and oxygen atoms in total. The van der Waals surface area contributed by atoms with E-state index in [4.69, 9.17) is 0 Å².